The van der Waals surface area contributed by atoms with Crippen molar-refractivity contribution in [2.45, 2.75) is 19.6 Å². The van der Waals surface area contributed by atoms with Crippen LogP contribution < -0.4 is 15.2 Å². The van der Waals surface area contributed by atoms with Gasteiger partial charge in [-0.15, -0.1) is 0 Å². The molecule has 22 heavy (non-hydrogen) atoms. The largest absolute Gasteiger partial charge is 0.486 e. The van der Waals surface area contributed by atoms with Crippen LogP contribution in [0.15, 0.2) is 21.6 Å². The van der Waals surface area contributed by atoms with Crippen LogP contribution in [0.5, 0.6) is 11.5 Å². The number of guanidine groups is 1. The van der Waals surface area contributed by atoms with Crippen LogP contribution in [-0.4, -0.2) is 49.9 Å². The zero-order chi connectivity index (χ0) is 15.5. The highest BCUT2D eigenvalue weighted by Gasteiger charge is 2.19. The summed E-state index contributed by atoms with van der Waals surface area (Å²) >= 11 is 3.51. The fraction of sp³-hybridized carbons (Fsp3) is 0.533. The van der Waals surface area contributed by atoms with Gasteiger partial charge >= 0.3 is 0 Å². The van der Waals surface area contributed by atoms with Gasteiger partial charge in [-0.3, -0.25) is 0 Å². The maximum atomic E-state index is 6.09. The molecule has 0 amide bonds. The molecule has 3 rings (SSSR count). The summed E-state index contributed by atoms with van der Waals surface area (Å²) in [6.07, 6.45) is 0.186. The second-order valence-corrected chi connectivity index (χ2v) is 6.26. The lowest BCUT2D eigenvalue weighted by Crippen LogP contribution is -2.47. The van der Waals surface area contributed by atoms with E-state index in [1.54, 1.807) is 0 Å². The van der Waals surface area contributed by atoms with Gasteiger partial charge in [-0.05, 0) is 40.5 Å². The Morgan fingerprint density at radius 1 is 1.36 bits per heavy atom. The number of aliphatic imine (C=N–C) groups is 1. The van der Waals surface area contributed by atoms with Gasteiger partial charge in [0, 0.05) is 13.1 Å². The average Bonchev–Trinajstić information content (AvgIpc) is 2.53. The molecule has 2 aliphatic heterocycles. The molecule has 0 spiro atoms. The number of hydrogen-bond donors (Lipinski definition) is 1. The van der Waals surface area contributed by atoms with Crippen molar-refractivity contribution in [3.8, 4) is 11.5 Å². The molecular formula is C15H20BrN3O3. The summed E-state index contributed by atoms with van der Waals surface area (Å²) in [6.45, 7) is 5.94. The van der Waals surface area contributed by atoms with Crippen molar-refractivity contribution in [1.29, 1.82) is 0 Å². The predicted octanol–water partition coefficient (Wildman–Crippen LogP) is 1.76. The first kappa shape index (κ1) is 15.4. The average molecular weight is 370 g/mol. The van der Waals surface area contributed by atoms with Gasteiger partial charge in [0.05, 0.1) is 23.7 Å². The van der Waals surface area contributed by atoms with E-state index in [0.717, 1.165) is 34.6 Å². The van der Waals surface area contributed by atoms with Crippen LogP contribution in [0.4, 0.5) is 0 Å². The van der Waals surface area contributed by atoms with Gasteiger partial charge in [0.15, 0.2) is 17.5 Å². The van der Waals surface area contributed by atoms with Crippen LogP contribution in [0.25, 0.3) is 0 Å². The highest BCUT2D eigenvalue weighted by Crippen LogP contribution is 2.38. The molecule has 1 atom stereocenters. The minimum atomic E-state index is 0.186. The summed E-state index contributed by atoms with van der Waals surface area (Å²) < 4.78 is 17.6. The van der Waals surface area contributed by atoms with Crippen LogP contribution in [0, 0.1) is 0 Å². The molecule has 1 fully saturated rings. The quantitative estimate of drug-likeness (QED) is 0.635. The van der Waals surface area contributed by atoms with Gasteiger partial charge < -0.3 is 24.8 Å². The summed E-state index contributed by atoms with van der Waals surface area (Å²) in [5.41, 5.74) is 7.12. The Hall–Kier alpha value is -1.47. The fourth-order valence-corrected chi connectivity index (χ4v) is 3.16. The lowest BCUT2D eigenvalue weighted by molar-refractivity contribution is 0.00529. The topological polar surface area (TPSA) is 69.3 Å². The van der Waals surface area contributed by atoms with Crippen molar-refractivity contribution < 1.29 is 14.2 Å². The molecule has 1 aromatic carbocycles. The third-order valence-corrected chi connectivity index (χ3v) is 4.23. The summed E-state index contributed by atoms with van der Waals surface area (Å²) in [6, 6.07) is 3.95. The monoisotopic (exact) mass is 369 g/mol. The maximum absolute atomic E-state index is 6.09. The van der Waals surface area contributed by atoms with E-state index in [1.807, 2.05) is 19.1 Å². The van der Waals surface area contributed by atoms with Gasteiger partial charge in [-0.2, -0.15) is 0 Å². The van der Waals surface area contributed by atoms with Gasteiger partial charge in [-0.25, -0.2) is 4.99 Å². The Balaban J connectivity index is 1.70. The van der Waals surface area contributed by atoms with Crippen molar-refractivity contribution in [3.05, 3.63) is 22.2 Å². The fourth-order valence-electron chi connectivity index (χ4n) is 2.55. The van der Waals surface area contributed by atoms with Crippen LogP contribution in [-0.2, 0) is 11.3 Å². The number of halogens is 1. The molecule has 1 unspecified atom stereocenters. The van der Waals surface area contributed by atoms with E-state index in [9.17, 15) is 0 Å². The highest BCUT2D eigenvalue weighted by atomic mass is 79.9. The number of nitrogens with zero attached hydrogens (tertiary/aromatic N) is 2. The molecule has 0 aliphatic carbocycles. The SMILES string of the molecule is CC1CN(C(N)=NCc2cc(Br)c3c(c2)OCCO3)CCO1. The number of rotatable bonds is 2. The van der Waals surface area contributed by atoms with Crippen LogP contribution in [0.2, 0.25) is 0 Å². The molecular weight excluding hydrogens is 350 g/mol. The second-order valence-electron chi connectivity index (χ2n) is 5.40. The Morgan fingerprint density at radius 3 is 3.00 bits per heavy atom. The van der Waals surface area contributed by atoms with Crippen molar-refractivity contribution in [3.63, 3.8) is 0 Å². The smallest absolute Gasteiger partial charge is 0.191 e. The van der Waals surface area contributed by atoms with Gasteiger partial charge in [0.1, 0.15) is 13.2 Å². The van der Waals surface area contributed by atoms with Crippen molar-refractivity contribution in [2.75, 3.05) is 32.9 Å². The van der Waals surface area contributed by atoms with Crippen molar-refractivity contribution in [1.82, 2.24) is 4.90 Å². The van der Waals surface area contributed by atoms with Crippen molar-refractivity contribution >= 4 is 21.9 Å². The van der Waals surface area contributed by atoms with Crippen molar-refractivity contribution in [2.24, 2.45) is 10.7 Å². The lowest BCUT2D eigenvalue weighted by Gasteiger charge is -2.31. The van der Waals surface area contributed by atoms with E-state index in [1.165, 1.54) is 0 Å². The van der Waals surface area contributed by atoms with E-state index in [2.05, 4.69) is 25.8 Å². The third kappa shape index (κ3) is 3.47. The molecule has 2 N–H and O–H groups in total. The zero-order valence-electron chi connectivity index (χ0n) is 12.5. The second kappa shape index (κ2) is 6.75. The van der Waals surface area contributed by atoms with Crippen LogP contribution in [0.1, 0.15) is 12.5 Å². The molecule has 0 saturated carbocycles. The minimum absolute atomic E-state index is 0.186. The lowest BCUT2D eigenvalue weighted by atomic mass is 10.2. The Bertz CT molecular complexity index is 579. The predicted molar refractivity (Wildman–Crippen MR) is 87.4 cm³/mol. The molecule has 6 nitrogen and oxygen atoms in total. The third-order valence-electron chi connectivity index (χ3n) is 3.65. The number of morpholine rings is 1. The maximum Gasteiger partial charge on any atom is 0.191 e. The number of ether oxygens (including phenoxy) is 3. The molecule has 120 valence electrons. The first-order chi connectivity index (χ1) is 10.6. The van der Waals surface area contributed by atoms with E-state index in [0.29, 0.717) is 32.3 Å². The number of benzene rings is 1. The van der Waals surface area contributed by atoms with E-state index in [4.69, 9.17) is 19.9 Å². The van der Waals surface area contributed by atoms with Gasteiger partial charge in [0.25, 0.3) is 0 Å². The van der Waals surface area contributed by atoms with E-state index >= 15 is 0 Å². The number of hydrogen-bond acceptors (Lipinski definition) is 4. The Morgan fingerprint density at radius 2 is 2.18 bits per heavy atom. The molecule has 2 aliphatic rings. The molecule has 0 aromatic heterocycles. The minimum Gasteiger partial charge on any atom is -0.486 e. The number of fused-ring (bicyclic) bond motifs is 1. The first-order valence-corrected chi connectivity index (χ1v) is 8.17. The summed E-state index contributed by atoms with van der Waals surface area (Å²) in [5, 5.41) is 0. The normalized spacial score (nSPS) is 21.8. The van der Waals surface area contributed by atoms with Crippen LogP contribution >= 0.6 is 15.9 Å². The summed E-state index contributed by atoms with van der Waals surface area (Å²) in [5.74, 6) is 2.07. The van der Waals surface area contributed by atoms with Gasteiger partial charge in [-0.1, -0.05) is 0 Å². The Kier molecular flexibility index (Phi) is 4.73. The first-order valence-electron chi connectivity index (χ1n) is 7.38. The summed E-state index contributed by atoms with van der Waals surface area (Å²) in [4.78, 5) is 6.55. The van der Waals surface area contributed by atoms with E-state index in [-0.39, 0.29) is 6.10 Å². The zero-order valence-corrected chi connectivity index (χ0v) is 14.1. The highest BCUT2D eigenvalue weighted by molar-refractivity contribution is 9.10. The van der Waals surface area contributed by atoms with Crippen LogP contribution in [0.3, 0.4) is 0 Å². The molecule has 0 radical (unpaired) electrons. The van der Waals surface area contributed by atoms with E-state index < -0.39 is 0 Å². The molecule has 1 aromatic rings. The molecule has 7 heteroatoms. The Labute approximate surface area is 138 Å². The molecule has 1 saturated heterocycles. The standard InChI is InChI=1S/C15H20BrN3O3/c1-10-9-19(2-3-20-10)15(17)18-8-11-6-12(16)14-13(7-11)21-4-5-22-14/h6-7,10H,2-5,8-9H2,1H3,(H2,17,18). The molecule has 0 bridgehead atoms. The molecule has 2 heterocycles. The summed E-state index contributed by atoms with van der Waals surface area (Å²) in [7, 11) is 0. The number of nitrogens with two attached hydrogens (primary N) is 1. The van der Waals surface area contributed by atoms with Gasteiger partial charge in [0.2, 0.25) is 0 Å².